The molecule has 1 heterocycles. The van der Waals surface area contributed by atoms with Gasteiger partial charge in [0.2, 0.25) is 0 Å². The standard InChI is InChI=1S/C19H23N3O2/c1-4-14-9-7-8-10-16(14)21-18(23)15-11-12-20-17(13-15)19(24)22(5-2)6-3/h7-13H,4-6H2,1-3H3,(H,21,23). The Bertz CT molecular complexity index is 724. The number of amides is 2. The topological polar surface area (TPSA) is 62.3 Å². The molecule has 2 amide bonds. The number of anilines is 1. The van der Waals surface area contributed by atoms with Gasteiger partial charge in [0.1, 0.15) is 5.69 Å². The molecule has 0 spiro atoms. The van der Waals surface area contributed by atoms with E-state index >= 15 is 0 Å². The van der Waals surface area contributed by atoms with Crippen LogP contribution in [-0.2, 0) is 6.42 Å². The third-order valence-corrected chi connectivity index (χ3v) is 3.94. The van der Waals surface area contributed by atoms with Crippen LogP contribution in [0.1, 0.15) is 47.2 Å². The Balaban J connectivity index is 2.22. The Morgan fingerprint density at radius 3 is 2.46 bits per heavy atom. The molecule has 1 aromatic carbocycles. The second-order valence-corrected chi connectivity index (χ2v) is 5.37. The fourth-order valence-electron chi connectivity index (χ4n) is 2.51. The number of aromatic nitrogens is 1. The highest BCUT2D eigenvalue weighted by Gasteiger charge is 2.16. The molecular weight excluding hydrogens is 302 g/mol. The van der Waals surface area contributed by atoms with Gasteiger partial charge < -0.3 is 10.2 Å². The number of hydrogen-bond acceptors (Lipinski definition) is 3. The van der Waals surface area contributed by atoms with Crippen molar-refractivity contribution in [3.8, 4) is 0 Å². The third kappa shape index (κ3) is 3.98. The number of pyridine rings is 1. The molecule has 2 rings (SSSR count). The van der Waals surface area contributed by atoms with Gasteiger partial charge >= 0.3 is 0 Å². The van der Waals surface area contributed by atoms with Gasteiger partial charge in [-0.3, -0.25) is 14.6 Å². The number of carbonyl (C=O) groups excluding carboxylic acids is 2. The first-order valence-corrected chi connectivity index (χ1v) is 8.25. The van der Waals surface area contributed by atoms with Crippen LogP contribution in [0.5, 0.6) is 0 Å². The SMILES string of the molecule is CCc1ccccc1NC(=O)c1ccnc(C(=O)N(CC)CC)c1. The molecule has 5 heteroatoms. The first kappa shape index (κ1) is 17.7. The number of nitrogens with zero attached hydrogens (tertiary/aromatic N) is 2. The van der Waals surface area contributed by atoms with Crippen LogP contribution in [0, 0.1) is 0 Å². The summed E-state index contributed by atoms with van der Waals surface area (Å²) >= 11 is 0. The molecule has 0 atom stereocenters. The van der Waals surface area contributed by atoms with Crippen LogP contribution in [0.4, 0.5) is 5.69 Å². The molecule has 5 nitrogen and oxygen atoms in total. The van der Waals surface area contributed by atoms with E-state index in [0.717, 1.165) is 17.7 Å². The largest absolute Gasteiger partial charge is 0.338 e. The van der Waals surface area contributed by atoms with E-state index in [1.165, 1.54) is 6.20 Å². The normalized spacial score (nSPS) is 10.3. The van der Waals surface area contributed by atoms with E-state index in [2.05, 4.69) is 10.3 Å². The van der Waals surface area contributed by atoms with E-state index in [1.54, 1.807) is 17.0 Å². The highest BCUT2D eigenvalue weighted by Crippen LogP contribution is 2.17. The number of benzene rings is 1. The summed E-state index contributed by atoms with van der Waals surface area (Å²) in [5.74, 6) is -0.407. The maximum atomic E-state index is 12.5. The van der Waals surface area contributed by atoms with Gasteiger partial charge in [0.25, 0.3) is 11.8 Å². The van der Waals surface area contributed by atoms with E-state index in [0.29, 0.717) is 18.7 Å². The Kier molecular flexibility index (Phi) is 6.07. The lowest BCUT2D eigenvalue weighted by molar-refractivity contribution is 0.0767. The van der Waals surface area contributed by atoms with Gasteiger partial charge in [-0.25, -0.2) is 0 Å². The maximum absolute atomic E-state index is 12.5. The molecule has 0 aliphatic carbocycles. The maximum Gasteiger partial charge on any atom is 0.272 e. The first-order chi connectivity index (χ1) is 11.6. The lowest BCUT2D eigenvalue weighted by Gasteiger charge is -2.18. The first-order valence-electron chi connectivity index (χ1n) is 8.25. The van der Waals surface area contributed by atoms with Crippen LogP contribution in [0.25, 0.3) is 0 Å². The molecule has 0 aliphatic rings. The van der Waals surface area contributed by atoms with Crippen molar-refractivity contribution in [2.24, 2.45) is 0 Å². The van der Waals surface area contributed by atoms with Crippen LogP contribution < -0.4 is 5.32 Å². The number of para-hydroxylation sites is 1. The van der Waals surface area contributed by atoms with Crippen molar-refractivity contribution in [2.45, 2.75) is 27.2 Å². The van der Waals surface area contributed by atoms with Gasteiger partial charge in [-0.05, 0) is 44.0 Å². The Morgan fingerprint density at radius 1 is 1.08 bits per heavy atom. The molecule has 1 N–H and O–H groups in total. The highest BCUT2D eigenvalue weighted by molar-refractivity contribution is 6.06. The van der Waals surface area contributed by atoms with Crippen LogP contribution in [0.3, 0.4) is 0 Å². The quantitative estimate of drug-likeness (QED) is 0.885. The summed E-state index contributed by atoms with van der Waals surface area (Å²) in [4.78, 5) is 30.7. The summed E-state index contributed by atoms with van der Waals surface area (Å²) in [5.41, 5.74) is 2.57. The zero-order chi connectivity index (χ0) is 17.5. The van der Waals surface area contributed by atoms with Crippen molar-refractivity contribution < 1.29 is 9.59 Å². The molecular formula is C19H23N3O2. The Hall–Kier alpha value is -2.69. The summed E-state index contributed by atoms with van der Waals surface area (Å²) in [7, 11) is 0. The number of nitrogens with one attached hydrogen (secondary N) is 1. The minimum Gasteiger partial charge on any atom is -0.338 e. The van der Waals surface area contributed by atoms with Crippen molar-refractivity contribution >= 4 is 17.5 Å². The van der Waals surface area contributed by atoms with Gasteiger partial charge in [-0.1, -0.05) is 25.1 Å². The molecule has 2 aromatic rings. The lowest BCUT2D eigenvalue weighted by atomic mass is 10.1. The summed E-state index contributed by atoms with van der Waals surface area (Å²) in [6.07, 6.45) is 2.33. The summed E-state index contributed by atoms with van der Waals surface area (Å²) in [6.45, 7) is 7.09. The van der Waals surface area contributed by atoms with Crippen LogP contribution in [0.2, 0.25) is 0 Å². The summed E-state index contributed by atoms with van der Waals surface area (Å²) in [5, 5.41) is 2.91. The minimum atomic E-state index is -0.244. The number of hydrogen-bond donors (Lipinski definition) is 1. The molecule has 126 valence electrons. The molecule has 0 saturated carbocycles. The van der Waals surface area contributed by atoms with Crippen molar-refractivity contribution in [3.05, 3.63) is 59.4 Å². The number of aryl methyl sites for hydroxylation is 1. The average Bonchev–Trinajstić information content (AvgIpc) is 2.63. The fraction of sp³-hybridized carbons (Fsp3) is 0.316. The smallest absolute Gasteiger partial charge is 0.272 e. The monoisotopic (exact) mass is 325 g/mol. The Labute approximate surface area is 142 Å². The molecule has 0 bridgehead atoms. The highest BCUT2D eigenvalue weighted by atomic mass is 16.2. The van der Waals surface area contributed by atoms with E-state index in [4.69, 9.17) is 0 Å². The van der Waals surface area contributed by atoms with Crippen molar-refractivity contribution in [1.82, 2.24) is 9.88 Å². The van der Waals surface area contributed by atoms with Crippen molar-refractivity contribution in [1.29, 1.82) is 0 Å². The van der Waals surface area contributed by atoms with E-state index in [1.807, 2.05) is 45.0 Å². The zero-order valence-electron chi connectivity index (χ0n) is 14.4. The molecule has 0 fully saturated rings. The molecule has 0 saturated heterocycles. The predicted octanol–water partition coefficient (Wildman–Crippen LogP) is 3.38. The second-order valence-electron chi connectivity index (χ2n) is 5.37. The predicted molar refractivity (Wildman–Crippen MR) is 95.3 cm³/mol. The van der Waals surface area contributed by atoms with E-state index in [-0.39, 0.29) is 17.5 Å². The van der Waals surface area contributed by atoms with Gasteiger partial charge in [0.15, 0.2) is 0 Å². The zero-order valence-corrected chi connectivity index (χ0v) is 14.4. The molecule has 0 unspecified atom stereocenters. The van der Waals surface area contributed by atoms with Crippen LogP contribution in [-0.4, -0.2) is 34.8 Å². The molecule has 0 radical (unpaired) electrons. The van der Waals surface area contributed by atoms with E-state index < -0.39 is 0 Å². The van der Waals surface area contributed by atoms with Gasteiger partial charge in [0.05, 0.1) is 0 Å². The van der Waals surface area contributed by atoms with Crippen LogP contribution >= 0.6 is 0 Å². The average molecular weight is 325 g/mol. The van der Waals surface area contributed by atoms with Gasteiger partial charge in [-0.2, -0.15) is 0 Å². The molecule has 24 heavy (non-hydrogen) atoms. The van der Waals surface area contributed by atoms with E-state index in [9.17, 15) is 9.59 Å². The van der Waals surface area contributed by atoms with Crippen LogP contribution in [0.15, 0.2) is 42.6 Å². The van der Waals surface area contributed by atoms with Crippen molar-refractivity contribution in [2.75, 3.05) is 18.4 Å². The Morgan fingerprint density at radius 2 is 1.79 bits per heavy atom. The summed E-state index contributed by atoms with van der Waals surface area (Å²) in [6, 6.07) is 10.9. The van der Waals surface area contributed by atoms with Crippen molar-refractivity contribution in [3.63, 3.8) is 0 Å². The second kappa shape index (κ2) is 8.24. The summed E-state index contributed by atoms with van der Waals surface area (Å²) < 4.78 is 0. The fourth-order valence-corrected chi connectivity index (χ4v) is 2.51. The van der Waals surface area contributed by atoms with Gasteiger partial charge in [0, 0.05) is 30.5 Å². The van der Waals surface area contributed by atoms with Gasteiger partial charge in [-0.15, -0.1) is 0 Å². The molecule has 1 aromatic heterocycles. The minimum absolute atomic E-state index is 0.163. The number of rotatable bonds is 6. The lowest BCUT2D eigenvalue weighted by Crippen LogP contribution is -2.31. The number of carbonyl (C=O) groups is 2. The third-order valence-electron chi connectivity index (χ3n) is 3.94. The molecule has 0 aliphatic heterocycles.